The fourth-order valence-electron chi connectivity index (χ4n) is 3.35. The van der Waals surface area contributed by atoms with Crippen LogP contribution in [0.25, 0.3) is 0 Å². The first-order valence-corrected chi connectivity index (χ1v) is 8.58. The number of hydrogen-bond donors (Lipinski definition) is 2. The van der Waals surface area contributed by atoms with Gasteiger partial charge in [-0.05, 0) is 59.2 Å². The molecule has 0 spiro atoms. The number of nitrogens with zero attached hydrogens (tertiary/aromatic N) is 4. The van der Waals surface area contributed by atoms with Gasteiger partial charge >= 0.3 is 0 Å². The summed E-state index contributed by atoms with van der Waals surface area (Å²) in [5.41, 5.74) is 3.69. The second-order valence-electron chi connectivity index (χ2n) is 6.75. The molecule has 1 fully saturated rings. The topological polar surface area (TPSA) is 57.5 Å². The lowest BCUT2D eigenvalue weighted by Crippen LogP contribution is -2.47. The molecule has 2 heterocycles. The maximum absolute atomic E-state index is 4.50. The van der Waals surface area contributed by atoms with E-state index in [1.165, 1.54) is 30.6 Å². The van der Waals surface area contributed by atoms with Gasteiger partial charge in [0.15, 0.2) is 5.96 Å². The lowest BCUT2D eigenvalue weighted by Gasteiger charge is -2.23. The van der Waals surface area contributed by atoms with E-state index in [1.807, 2.05) is 18.8 Å². The zero-order valence-corrected chi connectivity index (χ0v) is 15.5. The zero-order valence-electron chi connectivity index (χ0n) is 15.5. The summed E-state index contributed by atoms with van der Waals surface area (Å²) < 4.78 is 1.96. The van der Waals surface area contributed by atoms with Crippen LogP contribution in [0.2, 0.25) is 0 Å². The number of hydrogen-bond acceptors (Lipinski definition) is 3. The molecule has 1 aromatic heterocycles. The molecule has 2 N–H and O–H groups in total. The molecule has 2 unspecified atom stereocenters. The van der Waals surface area contributed by atoms with Gasteiger partial charge in [-0.3, -0.25) is 9.67 Å². The van der Waals surface area contributed by atoms with Crippen LogP contribution >= 0.6 is 0 Å². The molecule has 6 heteroatoms. The number of nitrogens with one attached hydrogen (secondary N) is 2. The Hall–Kier alpha value is -1.56. The Bertz CT molecular complexity index is 548. The fourth-order valence-corrected chi connectivity index (χ4v) is 3.35. The van der Waals surface area contributed by atoms with Gasteiger partial charge in [0, 0.05) is 38.4 Å². The van der Waals surface area contributed by atoms with Crippen LogP contribution in [0.3, 0.4) is 0 Å². The summed E-state index contributed by atoms with van der Waals surface area (Å²) in [6.07, 6.45) is 3.52. The lowest BCUT2D eigenvalue weighted by molar-refractivity contribution is 0.309. The molecule has 1 aromatic rings. The summed E-state index contributed by atoms with van der Waals surface area (Å²) in [4.78, 5) is 6.78. The molecule has 2 atom stereocenters. The van der Waals surface area contributed by atoms with E-state index in [0.717, 1.165) is 24.6 Å². The van der Waals surface area contributed by atoms with Crippen LogP contribution in [0.4, 0.5) is 0 Å². The van der Waals surface area contributed by atoms with E-state index < -0.39 is 0 Å². The molecule has 0 aromatic carbocycles. The third-order valence-electron chi connectivity index (χ3n) is 4.95. The average Bonchev–Trinajstić information content (AvgIpc) is 3.02. The Kier molecular flexibility index (Phi) is 6.04. The lowest BCUT2D eigenvalue weighted by atomic mass is 10.1. The second kappa shape index (κ2) is 7.81. The number of aliphatic imine (C=N–C) groups is 1. The maximum atomic E-state index is 4.50. The fraction of sp³-hybridized carbons (Fsp3) is 0.765. The van der Waals surface area contributed by atoms with Crippen molar-refractivity contribution in [3.8, 4) is 0 Å². The van der Waals surface area contributed by atoms with Gasteiger partial charge in [-0.25, -0.2) is 0 Å². The van der Waals surface area contributed by atoms with Crippen molar-refractivity contribution in [2.75, 3.05) is 27.2 Å². The van der Waals surface area contributed by atoms with Gasteiger partial charge in [0.2, 0.25) is 0 Å². The van der Waals surface area contributed by atoms with Gasteiger partial charge in [-0.2, -0.15) is 5.10 Å². The predicted molar refractivity (Wildman–Crippen MR) is 96.0 cm³/mol. The van der Waals surface area contributed by atoms with Crippen LogP contribution in [0.1, 0.15) is 36.7 Å². The number of guanidine groups is 1. The van der Waals surface area contributed by atoms with E-state index in [4.69, 9.17) is 0 Å². The first kappa shape index (κ1) is 17.8. The average molecular weight is 320 g/mol. The smallest absolute Gasteiger partial charge is 0.191 e. The van der Waals surface area contributed by atoms with Crippen molar-refractivity contribution in [3.05, 3.63) is 17.0 Å². The van der Waals surface area contributed by atoms with Gasteiger partial charge in [0.05, 0.1) is 5.69 Å². The number of aromatic nitrogens is 2. The summed E-state index contributed by atoms with van der Waals surface area (Å²) in [5.74, 6) is 0.886. The third-order valence-corrected chi connectivity index (χ3v) is 4.95. The Morgan fingerprint density at radius 2 is 2.13 bits per heavy atom. The highest BCUT2D eigenvalue weighted by atomic mass is 15.3. The van der Waals surface area contributed by atoms with Crippen LogP contribution in [0.5, 0.6) is 0 Å². The quantitative estimate of drug-likeness (QED) is 0.633. The SMILES string of the molecule is CN=C(NCC1CCCN1C)NC(C)Cc1c(C)nn(C)c1C. The van der Waals surface area contributed by atoms with Gasteiger partial charge < -0.3 is 15.5 Å². The van der Waals surface area contributed by atoms with Crippen molar-refractivity contribution in [1.29, 1.82) is 0 Å². The van der Waals surface area contributed by atoms with Crippen molar-refractivity contribution < 1.29 is 0 Å². The van der Waals surface area contributed by atoms with Crippen LogP contribution in [0, 0.1) is 13.8 Å². The third kappa shape index (κ3) is 4.47. The van der Waals surface area contributed by atoms with Crippen molar-refractivity contribution in [1.82, 2.24) is 25.3 Å². The standard InChI is InChI=1S/C17H32N6/c1-12(10-16-13(2)21-23(6)14(16)3)20-17(18-4)19-11-15-8-7-9-22(15)5/h12,15H,7-11H2,1-6H3,(H2,18,19,20). The largest absolute Gasteiger partial charge is 0.355 e. The number of likely N-dealkylation sites (tertiary alicyclic amines) is 1. The molecule has 1 saturated heterocycles. The molecule has 130 valence electrons. The Morgan fingerprint density at radius 1 is 1.39 bits per heavy atom. The Balaban J connectivity index is 1.86. The predicted octanol–water partition coefficient (Wildman–Crippen LogP) is 1.23. The van der Waals surface area contributed by atoms with E-state index >= 15 is 0 Å². The number of aryl methyl sites for hydroxylation is 2. The Morgan fingerprint density at radius 3 is 2.65 bits per heavy atom. The van der Waals surface area contributed by atoms with Crippen LogP contribution in [-0.2, 0) is 13.5 Å². The van der Waals surface area contributed by atoms with Crippen molar-refractivity contribution in [2.24, 2.45) is 12.0 Å². The van der Waals surface area contributed by atoms with Gasteiger partial charge in [-0.15, -0.1) is 0 Å². The summed E-state index contributed by atoms with van der Waals surface area (Å²) in [6.45, 7) is 8.56. The molecule has 1 aliphatic heterocycles. The summed E-state index contributed by atoms with van der Waals surface area (Å²) in [5, 5.41) is 11.5. The molecule has 0 saturated carbocycles. The zero-order chi connectivity index (χ0) is 17.0. The van der Waals surface area contributed by atoms with Crippen LogP contribution < -0.4 is 10.6 Å². The highest BCUT2D eigenvalue weighted by molar-refractivity contribution is 5.80. The summed E-state index contributed by atoms with van der Waals surface area (Å²) in [6, 6.07) is 0.927. The molecule has 0 amide bonds. The molecule has 1 aliphatic rings. The number of likely N-dealkylation sites (N-methyl/N-ethyl adjacent to an activating group) is 1. The maximum Gasteiger partial charge on any atom is 0.191 e. The molecule has 0 radical (unpaired) electrons. The Labute approximate surface area is 140 Å². The first-order chi connectivity index (χ1) is 10.9. The molecular formula is C17H32N6. The van der Waals surface area contributed by atoms with Crippen molar-refractivity contribution in [2.45, 2.75) is 52.1 Å². The molecule has 0 bridgehead atoms. The van der Waals surface area contributed by atoms with Gasteiger partial charge in [0.1, 0.15) is 0 Å². The molecular weight excluding hydrogens is 288 g/mol. The molecule has 2 rings (SSSR count). The minimum Gasteiger partial charge on any atom is -0.355 e. The normalized spacial score (nSPS) is 20.8. The number of rotatable bonds is 5. The second-order valence-corrected chi connectivity index (χ2v) is 6.75. The molecule has 23 heavy (non-hydrogen) atoms. The van der Waals surface area contributed by atoms with Crippen LogP contribution in [-0.4, -0.2) is 59.9 Å². The monoisotopic (exact) mass is 320 g/mol. The molecule has 6 nitrogen and oxygen atoms in total. The van der Waals surface area contributed by atoms with E-state index in [2.05, 4.69) is 53.4 Å². The molecule has 0 aliphatic carbocycles. The summed E-state index contributed by atoms with van der Waals surface area (Å²) in [7, 11) is 6.04. The minimum absolute atomic E-state index is 0.309. The highest BCUT2D eigenvalue weighted by Gasteiger charge is 2.21. The highest BCUT2D eigenvalue weighted by Crippen LogP contribution is 2.15. The van der Waals surface area contributed by atoms with Gasteiger partial charge in [-0.1, -0.05) is 0 Å². The summed E-state index contributed by atoms with van der Waals surface area (Å²) >= 11 is 0. The van der Waals surface area contributed by atoms with Gasteiger partial charge in [0.25, 0.3) is 0 Å². The first-order valence-electron chi connectivity index (χ1n) is 8.58. The van der Waals surface area contributed by atoms with E-state index in [-0.39, 0.29) is 0 Å². The van der Waals surface area contributed by atoms with Crippen molar-refractivity contribution in [3.63, 3.8) is 0 Å². The van der Waals surface area contributed by atoms with E-state index in [9.17, 15) is 0 Å². The van der Waals surface area contributed by atoms with Crippen molar-refractivity contribution >= 4 is 5.96 Å². The minimum atomic E-state index is 0.309. The van der Waals surface area contributed by atoms with Crippen LogP contribution in [0.15, 0.2) is 4.99 Å². The van der Waals surface area contributed by atoms with E-state index in [1.54, 1.807) is 0 Å². The van der Waals surface area contributed by atoms with E-state index in [0.29, 0.717) is 12.1 Å².